The van der Waals surface area contributed by atoms with Crippen LogP contribution in [0, 0.1) is 5.82 Å². The highest BCUT2D eigenvalue weighted by molar-refractivity contribution is 5.71. The number of carbonyl (C=O) groups is 1. The van der Waals surface area contributed by atoms with Crippen molar-refractivity contribution in [2.45, 2.75) is 6.61 Å². The van der Waals surface area contributed by atoms with Crippen LogP contribution in [0.1, 0.15) is 5.89 Å². The quantitative estimate of drug-likeness (QED) is 0.544. The zero-order valence-corrected chi connectivity index (χ0v) is 15.2. The van der Waals surface area contributed by atoms with E-state index in [0.29, 0.717) is 17.1 Å². The minimum Gasteiger partial charge on any atom is -0.497 e. The Balaban J connectivity index is 1.58. The number of hydrogen-bond acceptors (Lipinski definition) is 8. The summed E-state index contributed by atoms with van der Waals surface area (Å²) in [4.78, 5) is 15.9. The molecule has 28 heavy (non-hydrogen) atoms. The molecular weight excluding hydrogens is 371 g/mol. The van der Waals surface area contributed by atoms with Crippen LogP contribution in [0.5, 0.6) is 17.2 Å². The topological polar surface area (TPSA) is 92.9 Å². The molecule has 8 nitrogen and oxygen atoms in total. The van der Waals surface area contributed by atoms with Crippen molar-refractivity contribution in [2.75, 3.05) is 20.8 Å². The molecule has 0 bridgehead atoms. The van der Waals surface area contributed by atoms with Gasteiger partial charge in [-0.1, -0.05) is 17.3 Å². The summed E-state index contributed by atoms with van der Waals surface area (Å²) in [6.07, 6.45) is 0. The van der Waals surface area contributed by atoms with Gasteiger partial charge in [0.1, 0.15) is 11.5 Å². The summed E-state index contributed by atoms with van der Waals surface area (Å²) in [7, 11) is 3.06. The van der Waals surface area contributed by atoms with Gasteiger partial charge in [-0.3, -0.25) is 0 Å². The number of rotatable bonds is 8. The average molecular weight is 388 g/mol. The fourth-order valence-corrected chi connectivity index (χ4v) is 2.29. The Labute approximate surface area is 159 Å². The standard InChI is InChI=1S/C19H17FN2O6/c1-24-12-7-8-13(16(9-12)25-2)19-21-17(28-22-19)10-27-18(23)11-26-15-6-4-3-5-14(15)20/h3-9H,10-11H2,1-2H3. The molecule has 1 heterocycles. The van der Waals surface area contributed by atoms with Crippen molar-refractivity contribution in [2.24, 2.45) is 0 Å². The maximum Gasteiger partial charge on any atom is 0.344 e. The van der Waals surface area contributed by atoms with Crippen molar-refractivity contribution in [3.8, 4) is 28.6 Å². The van der Waals surface area contributed by atoms with E-state index in [9.17, 15) is 9.18 Å². The fourth-order valence-electron chi connectivity index (χ4n) is 2.29. The number of aromatic nitrogens is 2. The van der Waals surface area contributed by atoms with E-state index in [1.807, 2.05) is 0 Å². The van der Waals surface area contributed by atoms with Crippen LogP contribution in [0.4, 0.5) is 4.39 Å². The molecule has 0 amide bonds. The van der Waals surface area contributed by atoms with Crippen LogP contribution in [0.3, 0.4) is 0 Å². The molecule has 146 valence electrons. The zero-order chi connectivity index (χ0) is 19.9. The third-order valence-corrected chi connectivity index (χ3v) is 3.66. The largest absolute Gasteiger partial charge is 0.497 e. The molecule has 0 aliphatic carbocycles. The van der Waals surface area contributed by atoms with Gasteiger partial charge in [0.2, 0.25) is 5.82 Å². The van der Waals surface area contributed by atoms with Crippen molar-refractivity contribution in [1.29, 1.82) is 0 Å². The molecule has 0 N–H and O–H groups in total. The molecule has 0 atom stereocenters. The lowest BCUT2D eigenvalue weighted by atomic mass is 10.2. The van der Waals surface area contributed by atoms with Crippen molar-refractivity contribution in [3.05, 3.63) is 54.2 Å². The Bertz CT molecular complexity index is 959. The summed E-state index contributed by atoms with van der Waals surface area (Å²) in [6.45, 7) is -0.695. The number of ether oxygens (including phenoxy) is 4. The molecule has 1 aromatic heterocycles. The summed E-state index contributed by atoms with van der Waals surface area (Å²) in [5, 5.41) is 3.85. The second kappa shape index (κ2) is 8.85. The summed E-state index contributed by atoms with van der Waals surface area (Å²) >= 11 is 0. The monoisotopic (exact) mass is 388 g/mol. The number of esters is 1. The molecule has 3 rings (SSSR count). The van der Waals surface area contributed by atoms with Crippen molar-refractivity contribution >= 4 is 5.97 Å². The van der Waals surface area contributed by atoms with E-state index >= 15 is 0 Å². The first-order valence-corrected chi connectivity index (χ1v) is 8.18. The van der Waals surface area contributed by atoms with Gasteiger partial charge in [0.05, 0.1) is 19.8 Å². The maximum absolute atomic E-state index is 13.4. The highest BCUT2D eigenvalue weighted by Gasteiger charge is 2.16. The van der Waals surface area contributed by atoms with Crippen LogP contribution in [-0.4, -0.2) is 36.9 Å². The molecule has 0 radical (unpaired) electrons. The van der Waals surface area contributed by atoms with E-state index in [1.165, 1.54) is 25.3 Å². The Kier molecular flexibility index (Phi) is 6.05. The number of carbonyl (C=O) groups excluding carboxylic acids is 1. The molecule has 3 aromatic rings. The van der Waals surface area contributed by atoms with Crippen molar-refractivity contribution < 1.29 is 32.7 Å². The number of methoxy groups -OCH3 is 2. The number of benzene rings is 2. The van der Waals surface area contributed by atoms with Gasteiger partial charge in [0.15, 0.2) is 24.8 Å². The van der Waals surface area contributed by atoms with Gasteiger partial charge in [0.25, 0.3) is 5.89 Å². The van der Waals surface area contributed by atoms with Gasteiger partial charge < -0.3 is 23.5 Å². The normalized spacial score (nSPS) is 10.4. The Hall–Kier alpha value is -3.62. The Morgan fingerprint density at radius 1 is 1.11 bits per heavy atom. The SMILES string of the molecule is COc1ccc(-c2noc(COC(=O)COc3ccccc3F)n2)c(OC)c1. The van der Waals surface area contributed by atoms with Gasteiger partial charge in [-0.05, 0) is 24.3 Å². The van der Waals surface area contributed by atoms with Crippen molar-refractivity contribution in [1.82, 2.24) is 10.1 Å². The summed E-state index contributed by atoms with van der Waals surface area (Å²) in [6, 6.07) is 10.9. The number of para-hydroxylation sites is 1. The Morgan fingerprint density at radius 3 is 2.68 bits per heavy atom. The minimum atomic E-state index is -0.704. The van der Waals surface area contributed by atoms with Gasteiger partial charge in [-0.15, -0.1) is 0 Å². The van der Waals surface area contributed by atoms with Crippen LogP contribution in [0.15, 0.2) is 47.0 Å². The highest BCUT2D eigenvalue weighted by Crippen LogP contribution is 2.31. The molecular formula is C19H17FN2O6. The third kappa shape index (κ3) is 4.56. The smallest absolute Gasteiger partial charge is 0.344 e. The van der Waals surface area contributed by atoms with E-state index in [4.69, 9.17) is 23.5 Å². The van der Waals surface area contributed by atoms with Gasteiger partial charge in [-0.2, -0.15) is 4.98 Å². The molecule has 0 aliphatic rings. The predicted octanol–water partition coefficient (Wildman–Crippen LogP) is 3.02. The van der Waals surface area contributed by atoms with E-state index < -0.39 is 18.4 Å². The van der Waals surface area contributed by atoms with Crippen LogP contribution in [0.25, 0.3) is 11.4 Å². The number of hydrogen-bond donors (Lipinski definition) is 0. The van der Waals surface area contributed by atoms with Crippen LogP contribution in [-0.2, 0) is 16.1 Å². The first kappa shape index (κ1) is 19.2. The molecule has 0 saturated carbocycles. The van der Waals surface area contributed by atoms with E-state index in [2.05, 4.69) is 10.1 Å². The molecule has 0 saturated heterocycles. The van der Waals surface area contributed by atoms with Crippen molar-refractivity contribution in [3.63, 3.8) is 0 Å². The second-order valence-electron chi connectivity index (χ2n) is 5.46. The van der Waals surface area contributed by atoms with Gasteiger partial charge >= 0.3 is 5.97 Å². The molecule has 0 aliphatic heterocycles. The molecule has 2 aromatic carbocycles. The number of halogens is 1. The van der Waals surface area contributed by atoms with Gasteiger partial charge in [-0.25, -0.2) is 9.18 Å². The molecule has 0 unspecified atom stereocenters. The van der Waals surface area contributed by atoms with Crippen LogP contribution >= 0.6 is 0 Å². The molecule has 9 heteroatoms. The molecule has 0 spiro atoms. The van der Waals surface area contributed by atoms with Crippen LogP contribution in [0.2, 0.25) is 0 Å². The Morgan fingerprint density at radius 2 is 1.93 bits per heavy atom. The zero-order valence-electron chi connectivity index (χ0n) is 15.2. The molecule has 0 fully saturated rings. The predicted molar refractivity (Wildman–Crippen MR) is 94.5 cm³/mol. The third-order valence-electron chi connectivity index (χ3n) is 3.66. The lowest BCUT2D eigenvalue weighted by molar-refractivity contribution is -0.148. The first-order valence-electron chi connectivity index (χ1n) is 8.18. The van der Waals surface area contributed by atoms with E-state index in [0.717, 1.165) is 0 Å². The lowest BCUT2D eigenvalue weighted by Crippen LogP contribution is -2.15. The van der Waals surface area contributed by atoms with E-state index in [1.54, 1.807) is 31.4 Å². The maximum atomic E-state index is 13.4. The summed E-state index contributed by atoms with van der Waals surface area (Å²) in [5.41, 5.74) is 0.590. The number of nitrogens with zero attached hydrogens (tertiary/aromatic N) is 2. The highest BCUT2D eigenvalue weighted by atomic mass is 19.1. The first-order chi connectivity index (χ1) is 13.6. The second-order valence-corrected chi connectivity index (χ2v) is 5.46. The fraction of sp³-hybridized carbons (Fsp3) is 0.211. The average Bonchev–Trinajstić information content (AvgIpc) is 3.20. The minimum absolute atomic E-state index is 0.0360. The lowest BCUT2D eigenvalue weighted by Gasteiger charge is -2.07. The van der Waals surface area contributed by atoms with Gasteiger partial charge in [0, 0.05) is 6.07 Å². The van der Waals surface area contributed by atoms with Crippen LogP contribution < -0.4 is 14.2 Å². The summed E-state index contributed by atoms with van der Waals surface area (Å²) in [5.74, 6) is 0.178. The summed E-state index contributed by atoms with van der Waals surface area (Å²) < 4.78 is 39.0. The van der Waals surface area contributed by atoms with E-state index in [-0.39, 0.29) is 24.1 Å².